The second-order valence-electron chi connectivity index (χ2n) is 5.77. The fourth-order valence-electron chi connectivity index (χ4n) is 3.07. The molecule has 2 unspecified atom stereocenters. The molecule has 0 saturated carbocycles. The Morgan fingerprint density at radius 2 is 2.40 bits per heavy atom. The van der Waals surface area contributed by atoms with Gasteiger partial charge in [0.25, 0.3) is 0 Å². The van der Waals surface area contributed by atoms with E-state index >= 15 is 0 Å². The van der Waals surface area contributed by atoms with E-state index in [0.29, 0.717) is 19.1 Å². The summed E-state index contributed by atoms with van der Waals surface area (Å²) in [4.78, 5) is 19.1. The molecule has 3 rings (SSSR count). The largest absolute Gasteiger partial charge is 0.367 e. The molecular formula is C16H22N2O2. The van der Waals surface area contributed by atoms with Gasteiger partial charge in [-0.2, -0.15) is 0 Å². The summed E-state index contributed by atoms with van der Waals surface area (Å²) in [7, 11) is 0. The summed E-state index contributed by atoms with van der Waals surface area (Å²) in [5.41, 5.74) is 2.05. The van der Waals surface area contributed by atoms with Crippen molar-refractivity contribution in [2.24, 2.45) is 0 Å². The van der Waals surface area contributed by atoms with Crippen LogP contribution in [0.5, 0.6) is 0 Å². The fraction of sp³-hybridized carbons (Fsp3) is 0.625. The van der Waals surface area contributed by atoms with E-state index in [1.807, 2.05) is 18.3 Å². The average Bonchev–Trinajstić information content (AvgIpc) is 2.95. The molecule has 0 aliphatic carbocycles. The topological polar surface area (TPSA) is 42.4 Å². The van der Waals surface area contributed by atoms with E-state index in [2.05, 4.69) is 16.8 Å². The quantitative estimate of drug-likeness (QED) is 0.837. The first-order chi connectivity index (χ1) is 9.76. The van der Waals surface area contributed by atoms with Crippen molar-refractivity contribution in [2.75, 3.05) is 19.7 Å². The summed E-state index contributed by atoms with van der Waals surface area (Å²) in [5.74, 6) is 0.159. The molecule has 3 heterocycles. The van der Waals surface area contributed by atoms with E-state index in [4.69, 9.17) is 4.74 Å². The molecule has 0 spiro atoms. The van der Waals surface area contributed by atoms with Crippen molar-refractivity contribution in [2.45, 2.75) is 44.8 Å². The lowest BCUT2D eigenvalue weighted by Gasteiger charge is -2.34. The number of morpholine rings is 1. The number of nitrogens with zero attached hydrogens (tertiary/aromatic N) is 2. The Morgan fingerprint density at radius 1 is 1.50 bits per heavy atom. The first-order valence-electron chi connectivity index (χ1n) is 7.58. The van der Waals surface area contributed by atoms with Crippen LogP contribution < -0.4 is 0 Å². The predicted molar refractivity (Wildman–Crippen MR) is 76.7 cm³/mol. The molecule has 0 N–H and O–H groups in total. The van der Waals surface area contributed by atoms with Crippen LogP contribution in [0.15, 0.2) is 18.3 Å². The molecule has 20 heavy (non-hydrogen) atoms. The standard InChI is InChI=1S/C16H22N2O2/c1-2-12-5-6-13(17-9-12)8-15(19)16-10-18-7-3-4-14(18)11-20-16/h5-6,9,14,16H,2-4,7-8,10-11H2,1H3. The lowest BCUT2D eigenvalue weighted by atomic mass is 10.1. The van der Waals surface area contributed by atoms with E-state index in [-0.39, 0.29) is 11.9 Å². The van der Waals surface area contributed by atoms with Crippen LogP contribution >= 0.6 is 0 Å². The average molecular weight is 274 g/mol. The van der Waals surface area contributed by atoms with Gasteiger partial charge in [-0.05, 0) is 37.4 Å². The first-order valence-corrected chi connectivity index (χ1v) is 7.58. The number of hydrogen-bond donors (Lipinski definition) is 0. The van der Waals surface area contributed by atoms with Crippen molar-refractivity contribution in [1.82, 2.24) is 9.88 Å². The number of fused-ring (bicyclic) bond motifs is 1. The molecular weight excluding hydrogens is 252 g/mol. The SMILES string of the molecule is CCc1ccc(CC(=O)C2CN3CCCC3CO2)nc1. The number of pyridine rings is 1. The number of aryl methyl sites for hydroxylation is 1. The van der Waals surface area contributed by atoms with Crippen LogP contribution in [-0.2, 0) is 22.4 Å². The second-order valence-corrected chi connectivity index (χ2v) is 5.77. The molecule has 4 heteroatoms. The molecule has 0 aromatic carbocycles. The van der Waals surface area contributed by atoms with Crippen molar-refractivity contribution >= 4 is 5.78 Å². The maximum Gasteiger partial charge on any atom is 0.168 e. The van der Waals surface area contributed by atoms with Gasteiger partial charge < -0.3 is 4.74 Å². The minimum absolute atomic E-state index is 0.159. The molecule has 108 valence electrons. The number of hydrogen-bond acceptors (Lipinski definition) is 4. The Hall–Kier alpha value is -1.26. The highest BCUT2D eigenvalue weighted by molar-refractivity contribution is 5.85. The summed E-state index contributed by atoms with van der Waals surface area (Å²) in [6.45, 7) is 4.68. The van der Waals surface area contributed by atoms with Crippen molar-refractivity contribution in [3.63, 3.8) is 0 Å². The monoisotopic (exact) mass is 274 g/mol. The number of ketones is 1. The predicted octanol–water partition coefficient (Wildman–Crippen LogP) is 1.62. The Balaban J connectivity index is 1.58. The van der Waals surface area contributed by atoms with Gasteiger partial charge in [-0.15, -0.1) is 0 Å². The zero-order chi connectivity index (χ0) is 13.9. The number of rotatable bonds is 4. The minimum atomic E-state index is -0.267. The Labute approximate surface area is 120 Å². The maximum atomic E-state index is 12.3. The smallest absolute Gasteiger partial charge is 0.168 e. The Kier molecular flexibility index (Phi) is 4.13. The van der Waals surface area contributed by atoms with Crippen LogP contribution in [0.1, 0.15) is 31.0 Å². The number of ether oxygens (including phenoxy) is 1. The highest BCUT2D eigenvalue weighted by Gasteiger charge is 2.35. The van der Waals surface area contributed by atoms with Crippen molar-refractivity contribution in [3.05, 3.63) is 29.6 Å². The van der Waals surface area contributed by atoms with E-state index in [1.165, 1.54) is 18.4 Å². The third-order valence-electron chi connectivity index (χ3n) is 4.40. The fourth-order valence-corrected chi connectivity index (χ4v) is 3.07. The van der Waals surface area contributed by atoms with Crippen LogP contribution in [0.2, 0.25) is 0 Å². The van der Waals surface area contributed by atoms with Crippen LogP contribution in [0.3, 0.4) is 0 Å². The van der Waals surface area contributed by atoms with Crippen molar-refractivity contribution in [1.29, 1.82) is 0 Å². The van der Waals surface area contributed by atoms with Crippen LogP contribution in [-0.4, -0.2) is 47.5 Å². The summed E-state index contributed by atoms with van der Waals surface area (Å²) in [5, 5.41) is 0. The van der Waals surface area contributed by atoms with Gasteiger partial charge in [0.2, 0.25) is 0 Å². The molecule has 2 fully saturated rings. The minimum Gasteiger partial charge on any atom is -0.367 e. The van der Waals surface area contributed by atoms with Gasteiger partial charge >= 0.3 is 0 Å². The van der Waals surface area contributed by atoms with E-state index in [0.717, 1.165) is 25.2 Å². The molecule has 1 aromatic rings. The molecule has 2 saturated heterocycles. The zero-order valence-electron chi connectivity index (χ0n) is 12.0. The van der Waals surface area contributed by atoms with E-state index in [9.17, 15) is 4.79 Å². The Bertz CT molecular complexity index is 472. The van der Waals surface area contributed by atoms with Crippen LogP contribution in [0, 0.1) is 0 Å². The molecule has 2 atom stereocenters. The lowest BCUT2D eigenvalue weighted by Crippen LogP contribution is -2.49. The van der Waals surface area contributed by atoms with Crippen LogP contribution in [0.25, 0.3) is 0 Å². The van der Waals surface area contributed by atoms with Crippen molar-refractivity contribution in [3.8, 4) is 0 Å². The molecule has 0 radical (unpaired) electrons. The summed E-state index contributed by atoms with van der Waals surface area (Å²) < 4.78 is 5.75. The highest BCUT2D eigenvalue weighted by Crippen LogP contribution is 2.23. The first kappa shape index (κ1) is 13.7. The number of aromatic nitrogens is 1. The normalized spacial score (nSPS) is 26.4. The van der Waals surface area contributed by atoms with Gasteiger partial charge in [0.15, 0.2) is 5.78 Å². The maximum absolute atomic E-state index is 12.3. The number of carbonyl (C=O) groups is 1. The van der Waals surface area contributed by atoms with E-state index in [1.54, 1.807) is 0 Å². The van der Waals surface area contributed by atoms with Gasteiger partial charge in [-0.1, -0.05) is 13.0 Å². The van der Waals surface area contributed by atoms with Crippen molar-refractivity contribution < 1.29 is 9.53 Å². The number of carbonyl (C=O) groups excluding carboxylic acids is 1. The number of Topliss-reactive ketones (excluding diaryl/α,β-unsaturated/α-hetero) is 1. The summed E-state index contributed by atoms with van der Waals surface area (Å²) >= 11 is 0. The zero-order valence-corrected chi connectivity index (χ0v) is 12.0. The summed E-state index contributed by atoms with van der Waals surface area (Å²) in [6.07, 6.45) is 5.39. The second kappa shape index (κ2) is 6.02. The molecule has 0 bridgehead atoms. The summed E-state index contributed by atoms with van der Waals surface area (Å²) in [6, 6.07) is 4.55. The Morgan fingerprint density at radius 3 is 3.15 bits per heavy atom. The van der Waals surface area contributed by atoms with Gasteiger partial charge in [0.1, 0.15) is 6.10 Å². The van der Waals surface area contributed by atoms with Gasteiger partial charge in [0, 0.05) is 24.5 Å². The van der Waals surface area contributed by atoms with Gasteiger partial charge in [0.05, 0.1) is 13.0 Å². The van der Waals surface area contributed by atoms with Gasteiger partial charge in [-0.25, -0.2) is 0 Å². The highest BCUT2D eigenvalue weighted by atomic mass is 16.5. The lowest BCUT2D eigenvalue weighted by molar-refractivity contribution is -0.137. The molecule has 2 aliphatic rings. The third kappa shape index (κ3) is 2.91. The van der Waals surface area contributed by atoms with Crippen LogP contribution in [0.4, 0.5) is 0 Å². The molecule has 1 aromatic heterocycles. The molecule has 0 amide bonds. The van der Waals surface area contributed by atoms with E-state index < -0.39 is 0 Å². The van der Waals surface area contributed by atoms with Gasteiger partial charge in [-0.3, -0.25) is 14.7 Å². The third-order valence-corrected chi connectivity index (χ3v) is 4.40. The molecule has 4 nitrogen and oxygen atoms in total. The molecule has 2 aliphatic heterocycles.